The van der Waals surface area contributed by atoms with Crippen LogP contribution in [0, 0.1) is 17.2 Å². The molecule has 1 fully saturated rings. The first-order chi connectivity index (χ1) is 9.69. The van der Waals surface area contributed by atoms with E-state index in [2.05, 4.69) is 11.9 Å². The molecule has 0 amide bonds. The fourth-order valence-electron chi connectivity index (χ4n) is 2.58. The summed E-state index contributed by atoms with van der Waals surface area (Å²) in [5.41, 5.74) is 0. The Balaban J connectivity index is 2.23. The van der Waals surface area contributed by atoms with Crippen molar-refractivity contribution in [1.29, 1.82) is 5.26 Å². The number of aliphatic imine (C=N–C) groups is 1. The van der Waals surface area contributed by atoms with Gasteiger partial charge in [0.15, 0.2) is 5.92 Å². The highest BCUT2D eigenvalue weighted by Gasteiger charge is 2.20. The lowest BCUT2D eigenvalue weighted by atomic mass is 10.0. The van der Waals surface area contributed by atoms with Gasteiger partial charge in [0.2, 0.25) is 0 Å². The Labute approximate surface area is 121 Å². The second-order valence-electron chi connectivity index (χ2n) is 5.32. The normalized spacial score (nSPS) is 24.2. The van der Waals surface area contributed by atoms with E-state index in [-0.39, 0.29) is 0 Å². The number of ether oxygens (including phenoxy) is 1. The molecular weight excluding hydrogens is 254 g/mol. The molecule has 1 aliphatic heterocycles. The summed E-state index contributed by atoms with van der Waals surface area (Å²) >= 11 is 0. The summed E-state index contributed by atoms with van der Waals surface area (Å²) in [6, 6.07) is 2.65. The monoisotopic (exact) mass is 280 g/mol. The van der Waals surface area contributed by atoms with E-state index >= 15 is 0 Å². The molecule has 5 nitrogen and oxygen atoms in total. The van der Waals surface area contributed by atoms with Gasteiger partial charge in [-0.25, -0.2) is 0 Å². The summed E-state index contributed by atoms with van der Waals surface area (Å²) in [5.74, 6) is -1.37. The fraction of sp³-hybridized carbons (Fsp3) is 0.800. The van der Waals surface area contributed by atoms with Crippen LogP contribution in [0.2, 0.25) is 0 Å². The van der Waals surface area contributed by atoms with Gasteiger partial charge < -0.3 is 9.64 Å². The van der Waals surface area contributed by atoms with Gasteiger partial charge in [-0.3, -0.25) is 9.79 Å². The molecule has 0 aromatic carbocycles. The van der Waals surface area contributed by atoms with Crippen molar-refractivity contribution in [3.8, 4) is 6.07 Å². The first-order valence-electron chi connectivity index (χ1n) is 7.59. The van der Waals surface area contributed by atoms with E-state index in [1.54, 1.807) is 11.8 Å². The molecule has 0 aromatic rings. The van der Waals surface area contributed by atoms with Crippen molar-refractivity contribution >= 4 is 12.2 Å². The first-order valence-corrected chi connectivity index (χ1v) is 7.59. The lowest BCUT2D eigenvalue weighted by Gasteiger charge is -2.29. The van der Waals surface area contributed by atoms with Crippen LogP contribution in [0.25, 0.3) is 0 Å². The van der Waals surface area contributed by atoms with Crippen LogP contribution in [-0.4, -0.2) is 44.5 Å². The number of nitriles is 1. The Bertz CT molecular complexity index is 363. The SMILES string of the molecule is CCOC(=O)[C@H](C#N)C=NCCC[NH+]1CCCC[C@H]1C. The molecule has 5 heteroatoms. The zero-order valence-electron chi connectivity index (χ0n) is 12.6. The number of hydrogen-bond donors (Lipinski definition) is 1. The molecule has 0 aliphatic carbocycles. The van der Waals surface area contributed by atoms with Crippen molar-refractivity contribution in [2.45, 2.75) is 45.6 Å². The first kappa shape index (κ1) is 16.6. The van der Waals surface area contributed by atoms with E-state index in [0.29, 0.717) is 13.2 Å². The molecule has 3 atom stereocenters. The Morgan fingerprint density at radius 3 is 3.05 bits per heavy atom. The third-order valence-electron chi connectivity index (χ3n) is 3.80. The number of likely N-dealkylation sites (tertiary alicyclic amines) is 1. The van der Waals surface area contributed by atoms with E-state index in [9.17, 15) is 4.79 Å². The van der Waals surface area contributed by atoms with Gasteiger partial charge in [0.1, 0.15) is 0 Å². The van der Waals surface area contributed by atoms with Crippen molar-refractivity contribution < 1.29 is 14.4 Å². The molecule has 1 unspecified atom stereocenters. The molecule has 112 valence electrons. The molecule has 1 aliphatic rings. The minimum atomic E-state index is -0.865. The van der Waals surface area contributed by atoms with Crippen molar-refractivity contribution in [2.24, 2.45) is 10.9 Å². The van der Waals surface area contributed by atoms with Crippen LogP contribution >= 0.6 is 0 Å². The van der Waals surface area contributed by atoms with Gasteiger partial charge in [-0.2, -0.15) is 5.26 Å². The Hall–Kier alpha value is -1.41. The highest BCUT2D eigenvalue weighted by molar-refractivity contribution is 5.92. The van der Waals surface area contributed by atoms with E-state index in [1.165, 1.54) is 32.0 Å². The molecule has 1 rings (SSSR count). The van der Waals surface area contributed by atoms with Crippen molar-refractivity contribution in [1.82, 2.24) is 0 Å². The molecule has 1 saturated heterocycles. The molecule has 20 heavy (non-hydrogen) atoms. The molecule has 0 saturated carbocycles. The van der Waals surface area contributed by atoms with Gasteiger partial charge in [0.05, 0.1) is 31.8 Å². The maximum atomic E-state index is 11.4. The zero-order chi connectivity index (χ0) is 14.8. The van der Waals surface area contributed by atoms with Gasteiger partial charge in [-0.05, 0) is 33.1 Å². The second-order valence-corrected chi connectivity index (χ2v) is 5.32. The highest BCUT2D eigenvalue weighted by atomic mass is 16.5. The summed E-state index contributed by atoms with van der Waals surface area (Å²) in [4.78, 5) is 17.2. The number of rotatable bonds is 7. The lowest BCUT2D eigenvalue weighted by molar-refractivity contribution is -0.928. The number of quaternary nitrogens is 1. The van der Waals surface area contributed by atoms with E-state index < -0.39 is 11.9 Å². The topological polar surface area (TPSA) is 66.9 Å². The van der Waals surface area contributed by atoms with Gasteiger partial charge in [-0.1, -0.05) is 0 Å². The predicted octanol–water partition coefficient (Wildman–Crippen LogP) is 0.607. The Kier molecular flexibility index (Phi) is 7.89. The zero-order valence-corrected chi connectivity index (χ0v) is 12.6. The molecule has 0 aromatic heterocycles. The third kappa shape index (κ3) is 5.70. The van der Waals surface area contributed by atoms with Gasteiger partial charge in [-0.15, -0.1) is 0 Å². The van der Waals surface area contributed by atoms with Crippen LogP contribution < -0.4 is 4.90 Å². The van der Waals surface area contributed by atoms with Gasteiger partial charge in [0.25, 0.3) is 0 Å². The summed E-state index contributed by atoms with van der Waals surface area (Å²) in [5, 5.41) is 8.87. The maximum Gasteiger partial charge on any atom is 0.328 e. The largest absolute Gasteiger partial charge is 0.465 e. The number of nitrogens with one attached hydrogen (secondary N) is 1. The number of nitrogens with zero attached hydrogens (tertiary/aromatic N) is 2. The minimum absolute atomic E-state index is 0.293. The summed E-state index contributed by atoms with van der Waals surface area (Å²) in [6.07, 6.45) is 6.41. The molecular formula is C15H26N3O2+. The number of esters is 1. The molecule has 0 bridgehead atoms. The average molecular weight is 280 g/mol. The van der Waals surface area contributed by atoms with E-state index in [4.69, 9.17) is 10.00 Å². The maximum absolute atomic E-state index is 11.4. The number of hydrogen-bond acceptors (Lipinski definition) is 4. The van der Waals surface area contributed by atoms with E-state index in [1.807, 2.05) is 6.07 Å². The van der Waals surface area contributed by atoms with Crippen LogP contribution in [0.15, 0.2) is 4.99 Å². The quantitative estimate of drug-likeness (QED) is 0.422. The average Bonchev–Trinajstić information content (AvgIpc) is 2.45. The van der Waals surface area contributed by atoms with Crippen LogP contribution in [-0.2, 0) is 9.53 Å². The molecule has 0 spiro atoms. The number of piperidine rings is 1. The minimum Gasteiger partial charge on any atom is -0.465 e. The third-order valence-corrected chi connectivity index (χ3v) is 3.80. The van der Waals surface area contributed by atoms with Crippen LogP contribution in [0.4, 0.5) is 0 Å². The molecule has 1 heterocycles. The van der Waals surface area contributed by atoms with Gasteiger partial charge in [0, 0.05) is 19.2 Å². The molecule has 1 N–H and O–H groups in total. The lowest BCUT2D eigenvalue weighted by Crippen LogP contribution is -3.16. The van der Waals surface area contributed by atoms with Crippen molar-refractivity contribution in [3.63, 3.8) is 0 Å². The fourth-order valence-corrected chi connectivity index (χ4v) is 2.58. The molecule has 0 radical (unpaired) electrons. The summed E-state index contributed by atoms with van der Waals surface area (Å²) < 4.78 is 4.80. The highest BCUT2D eigenvalue weighted by Crippen LogP contribution is 2.01. The van der Waals surface area contributed by atoms with E-state index in [0.717, 1.165) is 19.0 Å². The van der Waals surface area contributed by atoms with Crippen LogP contribution in [0.5, 0.6) is 0 Å². The van der Waals surface area contributed by atoms with Crippen LogP contribution in [0.3, 0.4) is 0 Å². The smallest absolute Gasteiger partial charge is 0.328 e. The van der Waals surface area contributed by atoms with Crippen LogP contribution in [0.1, 0.15) is 39.5 Å². The predicted molar refractivity (Wildman–Crippen MR) is 77.7 cm³/mol. The second kappa shape index (κ2) is 9.49. The number of carbonyl (C=O) groups is 1. The van der Waals surface area contributed by atoms with Crippen molar-refractivity contribution in [2.75, 3.05) is 26.2 Å². The number of carbonyl (C=O) groups excluding carboxylic acids is 1. The Morgan fingerprint density at radius 1 is 1.60 bits per heavy atom. The Morgan fingerprint density at radius 2 is 2.40 bits per heavy atom. The summed E-state index contributed by atoms with van der Waals surface area (Å²) in [6.45, 7) is 7.38. The van der Waals surface area contributed by atoms with Crippen molar-refractivity contribution in [3.05, 3.63) is 0 Å². The standard InChI is InChI=1S/C15H25N3O2/c1-3-20-15(19)14(11-16)12-17-8-6-10-18-9-5-4-7-13(18)2/h12-14H,3-10H2,1-2H3/p+1/t13-,14-/m1/s1. The summed E-state index contributed by atoms with van der Waals surface area (Å²) in [7, 11) is 0. The van der Waals surface area contributed by atoms with Gasteiger partial charge >= 0.3 is 5.97 Å².